The number of hydrogen-bond acceptors (Lipinski definition) is 4. The lowest BCUT2D eigenvalue weighted by atomic mass is 10.2. The van der Waals surface area contributed by atoms with Crippen molar-refractivity contribution >= 4 is 5.97 Å². The molecule has 2 aromatic carbocycles. The second kappa shape index (κ2) is 5.33. The summed E-state index contributed by atoms with van der Waals surface area (Å²) in [6.45, 7) is -0.314. The highest BCUT2D eigenvalue weighted by Crippen LogP contribution is 2.24. The van der Waals surface area contributed by atoms with Gasteiger partial charge < -0.3 is 14.9 Å². The molecule has 2 aromatic rings. The van der Waals surface area contributed by atoms with Crippen molar-refractivity contribution in [1.29, 1.82) is 0 Å². The summed E-state index contributed by atoms with van der Waals surface area (Å²) in [6, 6.07) is 12.8. The van der Waals surface area contributed by atoms with Crippen molar-refractivity contribution in [3.05, 3.63) is 59.7 Å². The van der Waals surface area contributed by atoms with E-state index in [1.807, 2.05) is 0 Å². The van der Waals surface area contributed by atoms with Gasteiger partial charge in [-0.1, -0.05) is 18.2 Å². The van der Waals surface area contributed by atoms with Gasteiger partial charge in [0, 0.05) is 5.56 Å². The van der Waals surface area contributed by atoms with Gasteiger partial charge in [-0.15, -0.1) is 0 Å². The van der Waals surface area contributed by atoms with Crippen LogP contribution in [0.5, 0.6) is 11.5 Å². The molecular weight excluding hydrogens is 232 g/mol. The number of ether oxygens (including phenoxy) is 1. The normalized spacial score (nSPS) is 10.1. The van der Waals surface area contributed by atoms with Gasteiger partial charge in [0.15, 0.2) is 0 Å². The third-order valence-electron chi connectivity index (χ3n) is 2.43. The maximum atomic E-state index is 11.8. The minimum absolute atomic E-state index is 0.0126. The number of phenols is 1. The van der Waals surface area contributed by atoms with Gasteiger partial charge in [-0.2, -0.15) is 0 Å². The third kappa shape index (κ3) is 2.67. The quantitative estimate of drug-likeness (QED) is 0.641. The van der Waals surface area contributed by atoms with E-state index in [1.54, 1.807) is 30.3 Å². The van der Waals surface area contributed by atoms with Crippen LogP contribution in [0.3, 0.4) is 0 Å². The van der Waals surface area contributed by atoms with E-state index < -0.39 is 5.97 Å². The zero-order chi connectivity index (χ0) is 13.0. The Morgan fingerprint density at radius 1 is 1.11 bits per heavy atom. The molecule has 0 saturated carbocycles. The van der Waals surface area contributed by atoms with E-state index in [1.165, 1.54) is 18.2 Å². The van der Waals surface area contributed by atoms with Crippen molar-refractivity contribution in [1.82, 2.24) is 0 Å². The molecule has 18 heavy (non-hydrogen) atoms. The van der Waals surface area contributed by atoms with Crippen LogP contribution in [0.4, 0.5) is 0 Å². The van der Waals surface area contributed by atoms with Gasteiger partial charge in [-0.05, 0) is 30.3 Å². The molecule has 0 unspecified atom stereocenters. The predicted molar refractivity (Wildman–Crippen MR) is 65.4 cm³/mol. The molecule has 92 valence electrons. The molecule has 0 aromatic heterocycles. The molecule has 0 spiro atoms. The van der Waals surface area contributed by atoms with Crippen molar-refractivity contribution in [2.45, 2.75) is 6.61 Å². The van der Waals surface area contributed by atoms with Crippen LogP contribution in [0, 0.1) is 0 Å². The fraction of sp³-hybridized carbons (Fsp3) is 0.0714. The minimum atomic E-state index is -0.504. The summed E-state index contributed by atoms with van der Waals surface area (Å²) in [4.78, 5) is 11.8. The lowest BCUT2D eigenvalue weighted by Crippen LogP contribution is -2.09. The zero-order valence-electron chi connectivity index (χ0n) is 9.54. The molecule has 0 aliphatic carbocycles. The molecular formula is C14H12O4. The molecule has 2 N–H and O–H groups in total. The molecule has 0 atom stereocenters. The summed E-state index contributed by atoms with van der Waals surface area (Å²) in [7, 11) is 0. The first-order valence-electron chi connectivity index (χ1n) is 5.40. The Morgan fingerprint density at radius 3 is 2.50 bits per heavy atom. The average molecular weight is 244 g/mol. The van der Waals surface area contributed by atoms with Crippen molar-refractivity contribution in [2.24, 2.45) is 0 Å². The second-order valence-corrected chi connectivity index (χ2v) is 3.71. The standard InChI is InChI=1S/C14H12O4/c15-9-11-8-12(16)6-7-13(11)18-14(17)10-4-2-1-3-5-10/h1-8,15-16H,9H2. The fourth-order valence-electron chi connectivity index (χ4n) is 1.52. The van der Waals surface area contributed by atoms with E-state index in [9.17, 15) is 9.90 Å². The van der Waals surface area contributed by atoms with Gasteiger partial charge in [0.05, 0.1) is 12.2 Å². The number of phenolic OH excluding ortho intramolecular Hbond substituents is 1. The van der Waals surface area contributed by atoms with Crippen molar-refractivity contribution in [3.63, 3.8) is 0 Å². The predicted octanol–water partition coefficient (Wildman–Crippen LogP) is 2.10. The Balaban J connectivity index is 2.22. The summed E-state index contributed by atoms with van der Waals surface area (Å²) in [5.41, 5.74) is 0.786. The third-order valence-corrected chi connectivity index (χ3v) is 2.43. The Hall–Kier alpha value is -2.33. The number of carbonyl (C=O) groups is 1. The molecule has 0 fully saturated rings. The molecule has 0 bridgehead atoms. The first kappa shape index (κ1) is 12.1. The monoisotopic (exact) mass is 244 g/mol. The number of hydrogen-bond donors (Lipinski definition) is 2. The molecule has 0 amide bonds. The SMILES string of the molecule is O=C(Oc1ccc(O)cc1CO)c1ccccc1. The van der Waals surface area contributed by atoms with Crippen LogP contribution in [0.1, 0.15) is 15.9 Å². The van der Waals surface area contributed by atoms with Crippen molar-refractivity contribution in [3.8, 4) is 11.5 Å². The number of aromatic hydroxyl groups is 1. The number of esters is 1. The largest absolute Gasteiger partial charge is 0.508 e. The van der Waals surface area contributed by atoms with E-state index in [0.29, 0.717) is 11.1 Å². The number of aliphatic hydroxyl groups excluding tert-OH is 1. The van der Waals surface area contributed by atoms with Gasteiger partial charge in [-0.25, -0.2) is 4.79 Å². The van der Waals surface area contributed by atoms with E-state index in [2.05, 4.69) is 0 Å². The number of benzene rings is 2. The summed E-state index contributed by atoms with van der Waals surface area (Å²) in [6.07, 6.45) is 0. The van der Waals surface area contributed by atoms with Gasteiger partial charge in [0.25, 0.3) is 0 Å². The molecule has 0 aliphatic heterocycles. The summed E-state index contributed by atoms with van der Waals surface area (Å²) in [5.74, 6) is -0.251. The van der Waals surface area contributed by atoms with Crippen molar-refractivity contribution < 1.29 is 19.7 Å². The summed E-state index contributed by atoms with van der Waals surface area (Å²) in [5, 5.41) is 18.4. The van der Waals surface area contributed by atoms with Gasteiger partial charge in [0.1, 0.15) is 11.5 Å². The fourth-order valence-corrected chi connectivity index (χ4v) is 1.52. The van der Waals surface area contributed by atoms with Crippen LogP contribution in [0.25, 0.3) is 0 Å². The van der Waals surface area contributed by atoms with E-state index in [-0.39, 0.29) is 18.1 Å². The zero-order valence-corrected chi connectivity index (χ0v) is 9.54. The Bertz CT molecular complexity index is 549. The molecule has 0 radical (unpaired) electrons. The average Bonchev–Trinajstić information content (AvgIpc) is 2.41. The highest BCUT2D eigenvalue weighted by atomic mass is 16.5. The van der Waals surface area contributed by atoms with E-state index in [4.69, 9.17) is 9.84 Å². The number of carbonyl (C=O) groups excluding carboxylic acids is 1. The maximum absolute atomic E-state index is 11.8. The Labute approximate surface area is 104 Å². The van der Waals surface area contributed by atoms with Crippen LogP contribution in [0.2, 0.25) is 0 Å². The maximum Gasteiger partial charge on any atom is 0.343 e. The lowest BCUT2D eigenvalue weighted by Gasteiger charge is -2.08. The molecule has 0 saturated heterocycles. The van der Waals surface area contributed by atoms with Gasteiger partial charge >= 0.3 is 5.97 Å². The molecule has 0 heterocycles. The topological polar surface area (TPSA) is 66.8 Å². The molecule has 4 heteroatoms. The van der Waals surface area contributed by atoms with Gasteiger partial charge in [-0.3, -0.25) is 0 Å². The summed E-state index contributed by atoms with van der Waals surface area (Å²) < 4.78 is 5.17. The van der Waals surface area contributed by atoms with Crippen LogP contribution in [-0.4, -0.2) is 16.2 Å². The Kier molecular flexibility index (Phi) is 3.60. The van der Waals surface area contributed by atoms with Crippen LogP contribution in [-0.2, 0) is 6.61 Å². The van der Waals surface area contributed by atoms with Crippen LogP contribution in [0.15, 0.2) is 48.5 Å². The van der Waals surface area contributed by atoms with E-state index >= 15 is 0 Å². The highest BCUT2D eigenvalue weighted by Gasteiger charge is 2.11. The van der Waals surface area contributed by atoms with Gasteiger partial charge in [0.2, 0.25) is 0 Å². The smallest absolute Gasteiger partial charge is 0.343 e. The molecule has 2 rings (SSSR count). The second-order valence-electron chi connectivity index (χ2n) is 3.71. The van der Waals surface area contributed by atoms with Crippen LogP contribution < -0.4 is 4.74 Å². The molecule has 4 nitrogen and oxygen atoms in total. The first-order chi connectivity index (χ1) is 8.70. The highest BCUT2D eigenvalue weighted by molar-refractivity contribution is 5.91. The first-order valence-corrected chi connectivity index (χ1v) is 5.40. The van der Waals surface area contributed by atoms with Crippen LogP contribution >= 0.6 is 0 Å². The number of aliphatic hydroxyl groups is 1. The lowest BCUT2D eigenvalue weighted by molar-refractivity contribution is 0.0731. The number of rotatable bonds is 3. The Morgan fingerprint density at radius 2 is 1.83 bits per heavy atom. The van der Waals surface area contributed by atoms with E-state index in [0.717, 1.165) is 0 Å². The summed E-state index contributed by atoms with van der Waals surface area (Å²) >= 11 is 0. The van der Waals surface area contributed by atoms with Crippen molar-refractivity contribution in [2.75, 3.05) is 0 Å². The minimum Gasteiger partial charge on any atom is -0.508 e. The molecule has 0 aliphatic rings.